The van der Waals surface area contributed by atoms with Crippen LogP contribution in [-0.4, -0.2) is 11.9 Å². The van der Waals surface area contributed by atoms with E-state index in [-0.39, 0.29) is 0 Å². The van der Waals surface area contributed by atoms with Crippen LogP contribution in [0.15, 0.2) is 0 Å². The Morgan fingerprint density at radius 1 is 1.80 bits per heavy atom. The van der Waals surface area contributed by atoms with E-state index in [0.29, 0.717) is 6.42 Å². The smallest absolute Gasteiger partial charge is 0.235 e. The predicted molar refractivity (Wildman–Crippen MR) is 36.6 cm³/mol. The summed E-state index contributed by atoms with van der Waals surface area (Å²) in [5, 5.41) is 8.41. The first-order valence-electron chi connectivity index (χ1n) is 3.08. The van der Waals surface area contributed by atoms with Crippen molar-refractivity contribution in [2.45, 2.75) is 19.4 Å². The normalized spacial score (nSPS) is 15.3. The first kappa shape index (κ1) is 8.92. The van der Waals surface area contributed by atoms with E-state index in [2.05, 4.69) is 0 Å². The standard InChI is InChI=1S/C6H11N3O/c1-2-4(3-7)5(8)6(9)10/h4-5H,2,8H2,1H3,(H2,9,10). The molecule has 1 amide bonds. The largest absolute Gasteiger partial charge is 0.368 e. The van der Waals surface area contributed by atoms with Crippen molar-refractivity contribution in [3.05, 3.63) is 0 Å². The zero-order valence-electron chi connectivity index (χ0n) is 5.87. The van der Waals surface area contributed by atoms with Gasteiger partial charge in [0, 0.05) is 0 Å². The molecular weight excluding hydrogens is 130 g/mol. The average molecular weight is 141 g/mol. The average Bonchev–Trinajstić information content (AvgIpc) is 1.90. The van der Waals surface area contributed by atoms with Crippen LogP contribution in [0.5, 0.6) is 0 Å². The molecule has 0 heterocycles. The summed E-state index contributed by atoms with van der Waals surface area (Å²) in [4.78, 5) is 10.4. The third-order valence-corrected chi connectivity index (χ3v) is 1.37. The van der Waals surface area contributed by atoms with E-state index >= 15 is 0 Å². The fourth-order valence-corrected chi connectivity index (χ4v) is 0.624. The molecule has 0 saturated carbocycles. The summed E-state index contributed by atoms with van der Waals surface area (Å²) in [7, 11) is 0. The Hall–Kier alpha value is -1.08. The molecule has 0 aromatic rings. The van der Waals surface area contributed by atoms with Gasteiger partial charge in [0.25, 0.3) is 0 Å². The number of hydrogen-bond donors (Lipinski definition) is 2. The second-order valence-corrected chi connectivity index (χ2v) is 2.07. The van der Waals surface area contributed by atoms with Crippen LogP contribution >= 0.6 is 0 Å². The number of carbonyl (C=O) groups is 1. The van der Waals surface area contributed by atoms with Crippen LogP contribution in [0.3, 0.4) is 0 Å². The molecule has 0 fully saturated rings. The Morgan fingerprint density at radius 3 is 2.40 bits per heavy atom. The first-order chi connectivity index (χ1) is 4.63. The van der Waals surface area contributed by atoms with Crippen molar-refractivity contribution < 1.29 is 4.79 Å². The van der Waals surface area contributed by atoms with Crippen LogP contribution in [0.4, 0.5) is 0 Å². The Balaban J connectivity index is 4.05. The topological polar surface area (TPSA) is 92.9 Å². The van der Waals surface area contributed by atoms with Crippen molar-refractivity contribution in [2.75, 3.05) is 0 Å². The summed E-state index contributed by atoms with van der Waals surface area (Å²) in [5.74, 6) is -1.06. The van der Waals surface area contributed by atoms with Gasteiger partial charge < -0.3 is 11.5 Å². The molecule has 0 saturated heterocycles. The van der Waals surface area contributed by atoms with Gasteiger partial charge in [0.1, 0.15) is 0 Å². The molecule has 4 nitrogen and oxygen atoms in total. The predicted octanol–water partition coefficient (Wildman–Crippen LogP) is -0.651. The summed E-state index contributed by atoms with van der Waals surface area (Å²) in [6, 6.07) is 1.08. The number of nitrogens with zero attached hydrogens (tertiary/aromatic N) is 1. The summed E-state index contributed by atoms with van der Waals surface area (Å²) >= 11 is 0. The zero-order valence-corrected chi connectivity index (χ0v) is 5.87. The highest BCUT2D eigenvalue weighted by Gasteiger charge is 2.19. The number of nitrogens with two attached hydrogens (primary N) is 2. The summed E-state index contributed by atoms with van der Waals surface area (Å²) in [5.41, 5.74) is 10.2. The molecule has 0 radical (unpaired) electrons. The first-order valence-corrected chi connectivity index (χ1v) is 3.08. The lowest BCUT2D eigenvalue weighted by Gasteiger charge is -2.10. The molecule has 0 aliphatic carbocycles. The van der Waals surface area contributed by atoms with Gasteiger partial charge in [0.15, 0.2) is 0 Å². The minimum atomic E-state index is -0.824. The van der Waals surface area contributed by atoms with Gasteiger partial charge in [0.05, 0.1) is 18.0 Å². The van der Waals surface area contributed by atoms with E-state index in [1.807, 2.05) is 6.07 Å². The quantitative estimate of drug-likeness (QED) is 0.546. The van der Waals surface area contributed by atoms with Gasteiger partial charge >= 0.3 is 0 Å². The van der Waals surface area contributed by atoms with Gasteiger partial charge in [-0.1, -0.05) is 6.92 Å². The highest BCUT2D eigenvalue weighted by atomic mass is 16.1. The Kier molecular flexibility index (Phi) is 3.44. The second kappa shape index (κ2) is 3.85. The summed E-state index contributed by atoms with van der Waals surface area (Å²) in [6.45, 7) is 1.79. The van der Waals surface area contributed by atoms with Gasteiger partial charge in [-0.05, 0) is 6.42 Å². The molecule has 4 heteroatoms. The minimum Gasteiger partial charge on any atom is -0.368 e. The number of carbonyl (C=O) groups excluding carboxylic acids is 1. The van der Waals surface area contributed by atoms with Crippen molar-refractivity contribution >= 4 is 5.91 Å². The molecular formula is C6H11N3O. The minimum absolute atomic E-state index is 0.447. The molecule has 4 N–H and O–H groups in total. The number of nitriles is 1. The highest BCUT2D eigenvalue weighted by molar-refractivity contribution is 5.80. The van der Waals surface area contributed by atoms with E-state index in [1.165, 1.54) is 0 Å². The highest BCUT2D eigenvalue weighted by Crippen LogP contribution is 2.03. The van der Waals surface area contributed by atoms with Crippen LogP contribution in [0.25, 0.3) is 0 Å². The molecule has 0 aliphatic heterocycles. The number of rotatable bonds is 3. The molecule has 0 aliphatic rings. The third kappa shape index (κ3) is 2.03. The van der Waals surface area contributed by atoms with E-state index in [1.54, 1.807) is 6.92 Å². The van der Waals surface area contributed by atoms with Gasteiger partial charge in [0.2, 0.25) is 5.91 Å². The monoisotopic (exact) mass is 141 g/mol. The Labute approximate surface area is 59.8 Å². The lowest BCUT2D eigenvalue weighted by molar-refractivity contribution is -0.119. The third-order valence-electron chi connectivity index (χ3n) is 1.37. The number of amides is 1. The summed E-state index contributed by atoms with van der Waals surface area (Å²) < 4.78 is 0. The van der Waals surface area contributed by atoms with E-state index < -0.39 is 17.9 Å². The maximum Gasteiger partial charge on any atom is 0.235 e. The lowest BCUT2D eigenvalue weighted by Crippen LogP contribution is -2.41. The summed E-state index contributed by atoms with van der Waals surface area (Å²) in [6.07, 6.45) is 0.556. The molecule has 10 heavy (non-hydrogen) atoms. The molecule has 56 valence electrons. The van der Waals surface area contributed by atoms with Crippen molar-refractivity contribution in [3.8, 4) is 6.07 Å². The van der Waals surface area contributed by atoms with E-state index in [4.69, 9.17) is 16.7 Å². The molecule has 0 spiro atoms. The van der Waals surface area contributed by atoms with E-state index in [9.17, 15) is 4.79 Å². The van der Waals surface area contributed by atoms with Crippen LogP contribution in [0.1, 0.15) is 13.3 Å². The van der Waals surface area contributed by atoms with E-state index in [0.717, 1.165) is 0 Å². The number of hydrogen-bond acceptors (Lipinski definition) is 3. The van der Waals surface area contributed by atoms with Gasteiger partial charge in [-0.25, -0.2) is 0 Å². The molecule has 0 bridgehead atoms. The molecule has 2 atom stereocenters. The lowest BCUT2D eigenvalue weighted by atomic mass is 9.99. The maximum absolute atomic E-state index is 10.4. The second-order valence-electron chi connectivity index (χ2n) is 2.07. The van der Waals surface area contributed by atoms with Crippen LogP contribution in [0, 0.1) is 17.2 Å². The number of primary amides is 1. The molecule has 0 aromatic carbocycles. The van der Waals surface area contributed by atoms with Crippen LogP contribution < -0.4 is 11.5 Å². The SMILES string of the molecule is CCC(C#N)C(N)C(N)=O. The molecule has 0 aromatic heterocycles. The Morgan fingerprint density at radius 2 is 2.30 bits per heavy atom. The van der Waals surface area contributed by atoms with Crippen LogP contribution in [0.2, 0.25) is 0 Å². The van der Waals surface area contributed by atoms with Crippen molar-refractivity contribution in [2.24, 2.45) is 17.4 Å². The molecule has 2 unspecified atom stereocenters. The van der Waals surface area contributed by atoms with Gasteiger partial charge in [-0.15, -0.1) is 0 Å². The molecule has 0 rings (SSSR count). The Bertz CT molecular complexity index is 161. The van der Waals surface area contributed by atoms with Gasteiger partial charge in [-0.3, -0.25) is 4.79 Å². The zero-order chi connectivity index (χ0) is 8.15. The van der Waals surface area contributed by atoms with Crippen molar-refractivity contribution in [1.29, 1.82) is 5.26 Å². The fraction of sp³-hybridized carbons (Fsp3) is 0.667. The van der Waals surface area contributed by atoms with Gasteiger partial charge in [-0.2, -0.15) is 5.26 Å². The fourth-order valence-electron chi connectivity index (χ4n) is 0.624. The van der Waals surface area contributed by atoms with Crippen LogP contribution in [-0.2, 0) is 4.79 Å². The maximum atomic E-state index is 10.4. The van der Waals surface area contributed by atoms with Crippen molar-refractivity contribution in [1.82, 2.24) is 0 Å². The van der Waals surface area contributed by atoms with Crippen molar-refractivity contribution in [3.63, 3.8) is 0 Å².